The second-order valence-electron chi connectivity index (χ2n) is 12.3. The lowest BCUT2D eigenvalue weighted by Crippen LogP contribution is -2.35. The van der Waals surface area contributed by atoms with E-state index in [-0.39, 0.29) is 59.3 Å². The first-order chi connectivity index (χ1) is 24.4. The third-order valence-corrected chi connectivity index (χ3v) is 8.21. The Kier molecular flexibility index (Phi) is 12.1. The normalized spacial score (nSPS) is 26.2. The summed E-state index contributed by atoms with van der Waals surface area (Å²) in [5.74, 6) is -0.657. The summed E-state index contributed by atoms with van der Waals surface area (Å²) in [7, 11) is 0. The van der Waals surface area contributed by atoms with E-state index in [2.05, 4.69) is 35.2 Å². The number of carbonyl (C=O) groups is 1. The van der Waals surface area contributed by atoms with Crippen molar-refractivity contribution in [2.45, 2.75) is 89.6 Å². The largest absolute Gasteiger partial charge is 0.394 e. The van der Waals surface area contributed by atoms with Crippen molar-refractivity contribution in [3.63, 3.8) is 0 Å². The zero-order valence-corrected chi connectivity index (χ0v) is 28.5. The maximum Gasteiger partial charge on any atom is 0.280 e. The minimum Gasteiger partial charge on any atom is -0.394 e. The molecule has 0 unspecified atom stereocenters. The summed E-state index contributed by atoms with van der Waals surface area (Å²) in [5, 5.41) is 42.0. The van der Waals surface area contributed by atoms with E-state index in [9.17, 15) is 34.8 Å². The van der Waals surface area contributed by atoms with Gasteiger partial charge in [-0.1, -0.05) is 27.7 Å². The van der Waals surface area contributed by atoms with E-state index < -0.39 is 60.2 Å². The number of anilines is 2. The lowest BCUT2D eigenvalue weighted by molar-refractivity contribution is -0.118. The highest BCUT2D eigenvalue weighted by molar-refractivity contribution is 5.91. The number of nitrogens with two attached hydrogens (primary N) is 1. The fourth-order valence-electron chi connectivity index (χ4n) is 5.62. The van der Waals surface area contributed by atoms with E-state index in [1.807, 2.05) is 13.8 Å². The van der Waals surface area contributed by atoms with Gasteiger partial charge in [0.2, 0.25) is 17.8 Å². The molecule has 8 atom stereocenters. The van der Waals surface area contributed by atoms with Crippen LogP contribution in [0.4, 0.5) is 11.9 Å². The predicted molar refractivity (Wildman–Crippen MR) is 178 cm³/mol. The van der Waals surface area contributed by atoms with Crippen LogP contribution in [0.2, 0.25) is 0 Å². The highest BCUT2D eigenvalue weighted by Gasteiger charge is 2.47. The number of aliphatic hydroxyl groups excluding tert-OH is 4. The summed E-state index contributed by atoms with van der Waals surface area (Å²) in [6.07, 6.45) is -2.57. The fourth-order valence-corrected chi connectivity index (χ4v) is 5.62. The molecule has 0 bridgehead atoms. The lowest BCUT2D eigenvalue weighted by Gasteiger charge is -2.21. The highest BCUT2D eigenvalue weighted by atomic mass is 16.6. The molecular formula is C30H44N10O11. The van der Waals surface area contributed by atoms with Crippen LogP contribution in [0.1, 0.15) is 53.0 Å². The van der Waals surface area contributed by atoms with E-state index in [1.54, 1.807) is 13.8 Å². The van der Waals surface area contributed by atoms with Crippen LogP contribution < -0.4 is 22.2 Å². The number of aromatic nitrogens is 8. The number of nitrogens with one attached hydrogen (secondary N) is 3. The molecule has 0 spiro atoms. The Bertz CT molecular complexity index is 1910. The van der Waals surface area contributed by atoms with Gasteiger partial charge in [-0.15, -0.1) is 0 Å². The van der Waals surface area contributed by atoms with Crippen molar-refractivity contribution in [2.24, 2.45) is 5.92 Å². The van der Waals surface area contributed by atoms with Gasteiger partial charge in [-0.25, -0.2) is 9.97 Å². The van der Waals surface area contributed by atoms with Gasteiger partial charge in [-0.3, -0.25) is 38.8 Å². The number of nitrogen functional groups attached to an aromatic ring is 1. The van der Waals surface area contributed by atoms with E-state index in [4.69, 9.17) is 24.7 Å². The molecule has 21 nitrogen and oxygen atoms in total. The maximum atomic E-state index is 12.3. The molecule has 1 amide bonds. The number of imidazole rings is 2. The molecule has 0 saturated carbocycles. The summed E-state index contributed by atoms with van der Waals surface area (Å²) in [5.41, 5.74) is 5.16. The zero-order chi connectivity index (χ0) is 37.0. The smallest absolute Gasteiger partial charge is 0.280 e. The minimum atomic E-state index is -1.05. The molecule has 4 aromatic rings. The number of hydrogen-bond acceptors (Lipinski definition) is 16. The number of hydrogen-bond donors (Lipinski definition) is 8. The number of aliphatic hydroxyl groups is 4. The van der Waals surface area contributed by atoms with Crippen molar-refractivity contribution in [3.8, 4) is 0 Å². The van der Waals surface area contributed by atoms with Crippen molar-refractivity contribution in [1.82, 2.24) is 39.0 Å². The molecule has 0 aliphatic carbocycles. The molecule has 2 saturated heterocycles. The Morgan fingerprint density at radius 3 is 1.80 bits per heavy atom. The second kappa shape index (κ2) is 16.3. The number of H-pyrrole nitrogens is 2. The first-order valence-corrected chi connectivity index (χ1v) is 16.6. The SMILES string of the molecule is CCCO[C@@H]1[C@H](O)[C@@H](CO)O[C@H]1n1cnc2c(=O)[nH]c(N)nc21.CCCO[C@@H]1[C@H](O)[C@@H](CO)O[C@H]1n1cnc2c(=O)[nH]c(NC(=O)C(C)C)nc21. The monoisotopic (exact) mass is 720 g/mol. The Hall–Kier alpha value is -4.35. The van der Waals surface area contributed by atoms with Crippen LogP contribution in [0, 0.1) is 5.92 Å². The van der Waals surface area contributed by atoms with Gasteiger partial charge in [0.05, 0.1) is 25.9 Å². The van der Waals surface area contributed by atoms with Crippen LogP contribution in [0.5, 0.6) is 0 Å². The molecule has 6 heterocycles. The Labute approximate surface area is 289 Å². The second-order valence-corrected chi connectivity index (χ2v) is 12.3. The average molecular weight is 721 g/mol. The first kappa shape index (κ1) is 37.9. The van der Waals surface area contributed by atoms with Gasteiger partial charge >= 0.3 is 0 Å². The summed E-state index contributed by atoms with van der Waals surface area (Å²) >= 11 is 0. The summed E-state index contributed by atoms with van der Waals surface area (Å²) in [4.78, 5) is 57.4. The van der Waals surface area contributed by atoms with Gasteiger partial charge in [0.25, 0.3) is 11.1 Å². The molecule has 9 N–H and O–H groups in total. The molecule has 280 valence electrons. The number of ether oxygens (including phenoxy) is 4. The van der Waals surface area contributed by atoms with Crippen LogP contribution in [0.15, 0.2) is 22.2 Å². The zero-order valence-electron chi connectivity index (χ0n) is 28.5. The molecular weight excluding hydrogens is 676 g/mol. The summed E-state index contributed by atoms with van der Waals surface area (Å²) < 4.78 is 25.7. The molecule has 4 aromatic heterocycles. The minimum absolute atomic E-state index is 0.0127. The molecule has 0 radical (unpaired) electrons. The fraction of sp³-hybridized carbons (Fsp3) is 0.633. The lowest BCUT2D eigenvalue weighted by atomic mass is 10.1. The predicted octanol–water partition coefficient (Wildman–Crippen LogP) is -1.49. The van der Waals surface area contributed by atoms with E-state index >= 15 is 0 Å². The van der Waals surface area contributed by atoms with Crippen LogP contribution in [0.3, 0.4) is 0 Å². The molecule has 2 aliphatic rings. The average Bonchev–Trinajstić information content (AvgIpc) is 3.86. The molecule has 21 heteroatoms. The van der Waals surface area contributed by atoms with Gasteiger partial charge in [0, 0.05) is 19.1 Å². The van der Waals surface area contributed by atoms with Crippen LogP contribution in [-0.4, -0.2) is 128 Å². The number of rotatable bonds is 12. The molecule has 51 heavy (non-hydrogen) atoms. The van der Waals surface area contributed by atoms with E-state index in [1.165, 1.54) is 21.8 Å². The highest BCUT2D eigenvalue weighted by Crippen LogP contribution is 2.34. The number of nitrogens with zero attached hydrogens (tertiary/aromatic N) is 6. The third kappa shape index (κ3) is 7.79. The van der Waals surface area contributed by atoms with Gasteiger partial charge in [0.1, 0.15) is 36.6 Å². The van der Waals surface area contributed by atoms with Gasteiger partial charge < -0.3 is 45.1 Å². The van der Waals surface area contributed by atoms with Crippen LogP contribution in [0.25, 0.3) is 22.3 Å². The van der Waals surface area contributed by atoms with Crippen LogP contribution in [-0.2, 0) is 23.7 Å². The third-order valence-electron chi connectivity index (χ3n) is 8.21. The first-order valence-electron chi connectivity index (χ1n) is 16.6. The maximum absolute atomic E-state index is 12.3. The van der Waals surface area contributed by atoms with E-state index in [0.29, 0.717) is 13.2 Å². The Morgan fingerprint density at radius 1 is 0.882 bits per heavy atom. The number of carbonyl (C=O) groups excluding carboxylic acids is 1. The summed E-state index contributed by atoms with van der Waals surface area (Å²) in [6, 6.07) is 0. The molecule has 2 fully saturated rings. The van der Waals surface area contributed by atoms with Gasteiger partial charge in [-0.2, -0.15) is 9.97 Å². The van der Waals surface area contributed by atoms with Crippen molar-refractivity contribution in [1.29, 1.82) is 0 Å². The quantitative estimate of drug-likeness (QED) is 0.0826. The van der Waals surface area contributed by atoms with Crippen molar-refractivity contribution in [3.05, 3.63) is 33.4 Å². The molecule has 0 aromatic carbocycles. The van der Waals surface area contributed by atoms with Crippen molar-refractivity contribution >= 4 is 40.1 Å². The van der Waals surface area contributed by atoms with Gasteiger partial charge in [-0.05, 0) is 12.8 Å². The number of fused-ring (bicyclic) bond motifs is 2. The Morgan fingerprint density at radius 2 is 1.35 bits per heavy atom. The van der Waals surface area contributed by atoms with Gasteiger partial charge in [0.15, 0.2) is 34.8 Å². The number of aromatic amines is 2. The molecule has 2 aliphatic heterocycles. The van der Waals surface area contributed by atoms with E-state index in [0.717, 1.165) is 12.8 Å². The summed E-state index contributed by atoms with van der Waals surface area (Å²) in [6.45, 7) is 7.36. The number of amides is 1. The van der Waals surface area contributed by atoms with Crippen LogP contribution >= 0.6 is 0 Å². The topological polar surface area (TPSA) is 300 Å². The standard InChI is InChI=1S/C17H25N5O6.C13H19N5O5/c1-4-5-27-12-11(24)9(6-23)28-16(12)22-7-18-10-13(22)19-17(21-15(10)26)20-14(25)8(2)3;1-2-3-22-9-8(20)6(4-19)23-12(9)18-5-15-7-10(18)16-13(14)17-11(7)21/h7-9,11-12,16,23-24H,4-6H2,1-3H3,(H2,19,20,21,25,26);5-6,8-9,12,19-20H,2-4H2,1H3,(H3,14,16,17,21)/t9-,11-,12-,16-;6-,8-,9-,12-/m11/s1. The van der Waals surface area contributed by atoms with Crippen molar-refractivity contribution < 1.29 is 44.2 Å². The Balaban J connectivity index is 0.000000201. The van der Waals surface area contributed by atoms with Crippen molar-refractivity contribution in [2.75, 3.05) is 37.5 Å². The molecule has 6 rings (SSSR count).